The molecule has 0 radical (unpaired) electrons. The van der Waals surface area contributed by atoms with Crippen LogP contribution in [-0.4, -0.2) is 20.4 Å². The first kappa shape index (κ1) is 12.6. The van der Waals surface area contributed by atoms with E-state index >= 15 is 0 Å². The number of hydrogen-bond donors (Lipinski definition) is 1. The van der Waals surface area contributed by atoms with Gasteiger partial charge in [-0.15, -0.1) is 20.2 Å². The van der Waals surface area contributed by atoms with Crippen LogP contribution in [-0.2, 0) is 11.4 Å². The Hall–Kier alpha value is -2.45. The lowest BCUT2D eigenvalue weighted by Gasteiger charge is -1.95. The SMILES string of the molecule is O=[N+]([O-])O.O=[N+]([O-])OCc1ccccn1. The standard InChI is InChI=1S/C6H6N2O3.HNO3/c9-8(10)11-5-6-3-1-2-4-7-6;2-1(3)4/h1-4H,5H2;(H,2,3,4). The normalized spacial score (nSPS) is 8.27. The molecule has 0 saturated carbocycles. The van der Waals surface area contributed by atoms with Gasteiger partial charge in [0.2, 0.25) is 0 Å². The molecule has 0 aliphatic heterocycles. The Balaban J connectivity index is 0.000000423. The van der Waals surface area contributed by atoms with E-state index in [1.807, 2.05) is 0 Å². The van der Waals surface area contributed by atoms with Crippen molar-refractivity contribution in [1.82, 2.24) is 4.98 Å². The fraction of sp³-hybridized carbons (Fsp3) is 0.167. The Morgan fingerprint density at radius 2 is 2.00 bits per heavy atom. The summed E-state index contributed by atoms with van der Waals surface area (Å²) in [4.78, 5) is 26.0. The molecule has 1 aromatic heterocycles. The Bertz CT molecular complexity index is 312. The predicted octanol–water partition coefficient (Wildman–Crippen LogP) is 0.442. The van der Waals surface area contributed by atoms with Gasteiger partial charge in [-0.3, -0.25) is 4.98 Å². The van der Waals surface area contributed by atoms with Gasteiger partial charge in [0.15, 0.2) is 0 Å². The van der Waals surface area contributed by atoms with E-state index in [0.29, 0.717) is 5.69 Å². The van der Waals surface area contributed by atoms with E-state index in [9.17, 15) is 10.1 Å². The van der Waals surface area contributed by atoms with Crippen molar-refractivity contribution in [3.63, 3.8) is 0 Å². The van der Waals surface area contributed by atoms with Crippen molar-refractivity contribution in [3.8, 4) is 0 Å². The van der Waals surface area contributed by atoms with E-state index in [0.717, 1.165) is 0 Å². The number of pyridine rings is 1. The fourth-order valence-corrected chi connectivity index (χ4v) is 0.602. The number of aromatic nitrogens is 1. The van der Waals surface area contributed by atoms with Crippen molar-refractivity contribution < 1.29 is 20.2 Å². The van der Waals surface area contributed by atoms with Crippen molar-refractivity contribution in [2.75, 3.05) is 0 Å². The average molecular weight is 217 g/mol. The van der Waals surface area contributed by atoms with Gasteiger partial charge in [-0.05, 0) is 12.1 Å². The second-order valence-electron chi connectivity index (χ2n) is 2.06. The number of rotatable bonds is 3. The molecule has 0 saturated heterocycles. The van der Waals surface area contributed by atoms with Crippen molar-refractivity contribution in [3.05, 3.63) is 50.3 Å². The van der Waals surface area contributed by atoms with Crippen molar-refractivity contribution >= 4 is 0 Å². The van der Waals surface area contributed by atoms with Gasteiger partial charge in [-0.1, -0.05) is 6.07 Å². The summed E-state index contributed by atoms with van der Waals surface area (Å²) in [7, 11) is 0. The maximum Gasteiger partial charge on any atom is 0.294 e. The highest BCUT2D eigenvalue weighted by molar-refractivity contribution is 5.01. The fourth-order valence-electron chi connectivity index (χ4n) is 0.602. The van der Waals surface area contributed by atoms with E-state index < -0.39 is 10.2 Å². The highest BCUT2D eigenvalue weighted by Gasteiger charge is 1.96. The smallest absolute Gasteiger partial charge is 0.294 e. The third-order valence-electron chi connectivity index (χ3n) is 1.04. The molecule has 0 aliphatic carbocycles. The first-order chi connectivity index (χ1) is 7.02. The minimum atomic E-state index is -1.50. The highest BCUT2D eigenvalue weighted by atomic mass is 16.9. The zero-order chi connectivity index (χ0) is 11.7. The molecule has 0 fully saturated rings. The summed E-state index contributed by atoms with van der Waals surface area (Å²) in [5, 5.41) is 22.5. The summed E-state index contributed by atoms with van der Waals surface area (Å²) >= 11 is 0. The molecule has 1 aromatic rings. The van der Waals surface area contributed by atoms with Crippen LogP contribution in [0, 0.1) is 20.2 Å². The molecular weight excluding hydrogens is 210 g/mol. The second-order valence-corrected chi connectivity index (χ2v) is 2.06. The quantitative estimate of drug-likeness (QED) is 0.574. The van der Waals surface area contributed by atoms with Crippen LogP contribution in [0.1, 0.15) is 5.69 Å². The van der Waals surface area contributed by atoms with Gasteiger partial charge >= 0.3 is 0 Å². The van der Waals surface area contributed by atoms with E-state index in [1.165, 1.54) is 0 Å². The summed E-state index contributed by atoms with van der Waals surface area (Å²) in [6, 6.07) is 5.13. The summed E-state index contributed by atoms with van der Waals surface area (Å²) in [6.07, 6.45) is 1.55. The lowest BCUT2D eigenvalue weighted by atomic mass is 10.4. The molecular formula is C6H7N3O6. The zero-order valence-electron chi connectivity index (χ0n) is 7.35. The Labute approximate surface area is 83.1 Å². The largest absolute Gasteiger partial charge is 0.328 e. The number of hydrogen-bond acceptors (Lipinski definition) is 6. The molecule has 15 heavy (non-hydrogen) atoms. The van der Waals surface area contributed by atoms with Crippen LogP contribution in [0.4, 0.5) is 0 Å². The van der Waals surface area contributed by atoms with Gasteiger partial charge in [-0.25, -0.2) is 0 Å². The third-order valence-corrected chi connectivity index (χ3v) is 1.04. The van der Waals surface area contributed by atoms with E-state index in [2.05, 4.69) is 9.82 Å². The summed E-state index contributed by atoms with van der Waals surface area (Å²) in [5.74, 6) is 0. The molecule has 1 N–H and O–H groups in total. The van der Waals surface area contributed by atoms with Crippen LogP contribution in [0.25, 0.3) is 0 Å². The van der Waals surface area contributed by atoms with E-state index in [1.54, 1.807) is 24.4 Å². The van der Waals surface area contributed by atoms with Gasteiger partial charge < -0.3 is 10.0 Å². The molecule has 0 spiro atoms. The van der Waals surface area contributed by atoms with Gasteiger partial charge in [0.05, 0.1) is 5.69 Å². The molecule has 0 aliphatic rings. The van der Waals surface area contributed by atoms with Crippen LogP contribution in [0.3, 0.4) is 0 Å². The van der Waals surface area contributed by atoms with Crippen LogP contribution >= 0.6 is 0 Å². The van der Waals surface area contributed by atoms with Crippen molar-refractivity contribution in [2.24, 2.45) is 0 Å². The Kier molecular flexibility index (Phi) is 5.86. The van der Waals surface area contributed by atoms with Crippen LogP contribution < -0.4 is 0 Å². The molecule has 1 heterocycles. The van der Waals surface area contributed by atoms with Crippen molar-refractivity contribution in [2.45, 2.75) is 6.61 Å². The molecule has 9 heteroatoms. The molecule has 0 atom stereocenters. The third kappa shape index (κ3) is 9.46. The van der Waals surface area contributed by atoms with Crippen molar-refractivity contribution in [1.29, 1.82) is 0 Å². The maximum atomic E-state index is 9.73. The lowest BCUT2D eigenvalue weighted by Crippen LogP contribution is -2.01. The second kappa shape index (κ2) is 7.00. The maximum absolute atomic E-state index is 9.73. The minimum absolute atomic E-state index is 0.0894. The topological polar surface area (TPSA) is 129 Å². The van der Waals surface area contributed by atoms with Gasteiger partial charge in [0.1, 0.15) is 6.61 Å². The molecule has 82 valence electrons. The average Bonchev–Trinajstić information content (AvgIpc) is 2.15. The van der Waals surface area contributed by atoms with Gasteiger partial charge in [0.25, 0.3) is 10.2 Å². The predicted molar refractivity (Wildman–Crippen MR) is 44.8 cm³/mol. The number of nitrogens with zero attached hydrogens (tertiary/aromatic N) is 3. The molecule has 0 aromatic carbocycles. The van der Waals surface area contributed by atoms with Crippen LogP contribution in [0.2, 0.25) is 0 Å². The molecule has 1 rings (SSSR count). The first-order valence-corrected chi connectivity index (χ1v) is 3.53. The first-order valence-electron chi connectivity index (χ1n) is 3.53. The molecule has 0 amide bonds. The minimum Gasteiger partial charge on any atom is -0.328 e. The zero-order valence-corrected chi connectivity index (χ0v) is 7.35. The summed E-state index contributed by atoms with van der Waals surface area (Å²) < 4.78 is 0. The van der Waals surface area contributed by atoms with Gasteiger partial charge in [0, 0.05) is 6.20 Å². The van der Waals surface area contributed by atoms with Crippen LogP contribution in [0.15, 0.2) is 24.4 Å². The van der Waals surface area contributed by atoms with E-state index in [-0.39, 0.29) is 6.61 Å². The van der Waals surface area contributed by atoms with E-state index in [4.69, 9.17) is 15.3 Å². The molecule has 9 nitrogen and oxygen atoms in total. The van der Waals surface area contributed by atoms with Crippen LogP contribution in [0.5, 0.6) is 0 Å². The molecule has 0 bridgehead atoms. The Morgan fingerprint density at radius 3 is 2.40 bits per heavy atom. The highest BCUT2D eigenvalue weighted by Crippen LogP contribution is 1.94. The monoisotopic (exact) mass is 217 g/mol. The summed E-state index contributed by atoms with van der Waals surface area (Å²) in [6.45, 7) is -0.0894. The molecule has 0 unspecified atom stereocenters. The lowest BCUT2D eigenvalue weighted by molar-refractivity contribution is -0.763. The Morgan fingerprint density at radius 1 is 1.40 bits per heavy atom. The van der Waals surface area contributed by atoms with Gasteiger partial charge in [-0.2, -0.15) is 0 Å². The summed E-state index contributed by atoms with van der Waals surface area (Å²) in [5.41, 5.74) is 0.546.